The van der Waals surface area contributed by atoms with E-state index >= 15 is 0 Å². The van der Waals surface area contributed by atoms with E-state index in [-0.39, 0.29) is 16.8 Å². The van der Waals surface area contributed by atoms with Gasteiger partial charge < -0.3 is 4.90 Å². The molecule has 1 aliphatic rings. The number of likely N-dealkylation sites (tertiary alicyclic amines) is 1. The van der Waals surface area contributed by atoms with Gasteiger partial charge in [0.05, 0.1) is 17.1 Å². The Morgan fingerprint density at radius 1 is 1.03 bits per heavy atom. The second-order valence-electron chi connectivity index (χ2n) is 7.45. The molecule has 1 aliphatic heterocycles. The van der Waals surface area contributed by atoms with Crippen LogP contribution < -0.4 is 5.14 Å². The highest BCUT2D eigenvalue weighted by Crippen LogP contribution is 2.25. The third-order valence-electron chi connectivity index (χ3n) is 5.36. The summed E-state index contributed by atoms with van der Waals surface area (Å²) in [5.41, 5.74) is 2.42. The monoisotopic (exact) mass is 437 g/mol. The predicted octanol–water partition coefficient (Wildman–Crippen LogP) is 2.47. The smallest absolute Gasteiger partial charge is 0.246 e. The molecule has 2 N–H and O–H groups in total. The Kier molecular flexibility index (Phi) is 5.97. The summed E-state index contributed by atoms with van der Waals surface area (Å²) in [5, 5.41) is 13.6. The minimum atomic E-state index is -3.72. The number of nitrogens with two attached hydrogens (primary N) is 1. The van der Waals surface area contributed by atoms with Crippen molar-refractivity contribution in [3.05, 3.63) is 72.4 Å². The molecular formula is C22H23N5O3S. The van der Waals surface area contributed by atoms with Crippen LogP contribution in [0.25, 0.3) is 17.3 Å². The molecular weight excluding hydrogens is 414 g/mol. The maximum absolute atomic E-state index is 12.5. The first-order valence-electron chi connectivity index (χ1n) is 9.97. The lowest BCUT2D eigenvalue weighted by Gasteiger charge is -2.31. The first kappa shape index (κ1) is 21.0. The molecule has 31 heavy (non-hydrogen) atoms. The normalized spacial score (nSPS) is 15.5. The number of carbonyl (C=O) groups excluding carboxylic acids is 1. The lowest BCUT2D eigenvalue weighted by molar-refractivity contribution is -0.127. The molecule has 1 saturated heterocycles. The van der Waals surface area contributed by atoms with E-state index in [1.165, 1.54) is 12.1 Å². The maximum Gasteiger partial charge on any atom is 0.246 e. The van der Waals surface area contributed by atoms with Gasteiger partial charge in [0.15, 0.2) is 0 Å². The van der Waals surface area contributed by atoms with Gasteiger partial charge in [-0.3, -0.25) is 4.79 Å². The summed E-state index contributed by atoms with van der Waals surface area (Å²) in [6.07, 6.45) is 6.88. The van der Waals surface area contributed by atoms with Gasteiger partial charge in [-0.1, -0.05) is 47.7 Å². The molecule has 8 nitrogen and oxygen atoms in total. The number of hydrogen-bond acceptors (Lipinski definition) is 5. The number of rotatable bonds is 5. The van der Waals surface area contributed by atoms with E-state index in [0.717, 1.165) is 24.0 Å². The Morgan fingerprint density at radius 3 is 2.35 bits per heavy atom. The van der Waals surface area contributed by atoms with Gasteiger partial charge >= 0.3 is 0 Å². The van der Waals surface area contributed by atoms with Crippen LogP contribution in [0.2, 0.25) is 0 Å². The summed E-state index contributed by atoms with van der Waals surface area (Å²) >= 11 is 0. The van der Waals surface area contributed by atoms with Crippen molar-refractivity contribution in [2.24, 2.45) is 5.14 Å². The molecule has 9 heteroatoms. The Morgan fingerprint density at radius 2 is 1.71 bits per heavy atom. The van der Waals surface area contributed by atoms with Crippen LogP contribution in [0.4, 0.5) is 0 Å². The Labute approximate surface area is 181 Å². The van der Waals surface area contributed by atoms with Gasteiger partial charge in [-0.2, -0.15) is 0 Å². The first-order chi connectivity index (χ1) is 14.9. The van der Waals surface area contributed by atoms with Gasteiger partial charge in [0, 0.05) is 24.7 Å². The zero-order valence-corrected chi connectivity index (χ0v) is 17.6. The molecule has 0 unspecified atom stereocenters. The minimum Gasteiger partial charge on any atom is -0.339 e. The van der Waals surface area contributed by atoms with Crippen molar-refractivity contribution in [1.82, 2.24) is 19.9 Å². The van der Waals surface area contributed by atoms with Crippen LogP contribution >= 0.6 is 0 Å². The molecule has 160 valence electrons. The molecule has 0 atom stereocenters. The van der Waals surface area contributed by atoms with Gasteiger partial charge in [0.25, 0.3) is 0 Å². The number of nitrogens with zero attached hydrogens (tertiary/aromatic N) is 4. The van der Waals surface area contributed by atoms with Crippen molar-refractivity contribution in [3.63, 3.8) is 0 Å². The molecule has 0 saturated carbocycles. The second-order valence-corrected chi connectivity index (χ2v) is 9.02. The number of carbonyl (C=O) groups is 1. The van der Waals surface area contributed by atoms with Gasteiger partial charge in [0.2, 0.25) is 15.9 Å². The summed E-state index contributed by atoms with van der Waals surface area (Å²) in [6, 6.07) is 16.1. The van der Waals surface area contributed by atoms with Crippen LogP contribution in [-0.4, -0.2) is 47.3 Å². The van der Waals surface area contributed by atoms with Crippen molar-refractivity contribution in [3.8, 4) is 11.3 Å². The molecule has 3 aromatic rings. The Balaban J connectivity index is 1.36. The van der Waals surface area contributed by atoms with Crippen molar-refractivity contribution >= 4 is 22.0 Å². The van der Waals surface area contributed by atoms with Gasteiger partial charge in [0.1, 0.15) is 5.69 Å². The van der Waals surface area contributed by atoms with Crippen LogP contribution in [-0.2, 0) is 14.8 Å². The fraction of sp³-hybridized carbons (Fsp3) is 0.227. The minimum absolute atomic E-state index is 0.0107. The first-order valence-corrected chi connectivity index (χ1v) is 11.5. The van der Waals surface area contributed by atoms with Crippen LogP contribution in [0, 0.1) is 0 Å². The predicted molar refractivity (Wildman–Crippen MR) is 117 cm³/mol. The van der Waals surface area contributed by atoms with Gasteiger partial charge in [-0.05, 0) is 36.6 Å². The van der Waals surface area contributed by atoms with Crippen LogP contribution in [0.3, 0.4) is 0 Å². The van der Waals surface area contributed by atoms with E-state index in [1.807, 2.05) is 52.2 Å². The summed E-state index contributed by atoms with van der Waals surface area (Å²) in [7, 11) is -3.72. The molecule has 0 aliphatic carbocycles. The average molecular weight is 438 g/mol. The van der Waals surface area contributed by atoms with Gasteiger partial charge in [-0.15, -0.1) is 5.10 Å². The van der Waals surface area contributed by atoms with Crippen molar-refractivity contribution < 1.29 is 13.2 Å². The summed E-state index contributed by atoms with van der Waals surface area (Å²) < 4.78 is 24.6. The van der Waals surface area contributed by atoms with E-state index in [9.17, 15) is 13.2 Å². The van der Waals surface area contributed by atoms with Gasteiger partial charge in [-0.25, -0.2) is 18.2 Å². The zero-order valence-electron chi connectivity index (χ0n) is 16.8. The number of amides is 1. The largest absolute Gasteiger partial charge is 0.339 e. The fourth-order valence-electron chi connectivity index (χ4n) is 3.59. The maximum atomic E-state index is 12.5. The fourth-order valence-corrected chi connectivity index (χ4v) is 4.11. The molecule has 4 rings (SSSR count). The molecule has 0 spiro atoms. The van der Waals surface area contributed by atoms with Crippen molar-refractivity contribution in [2.75, 3.05) is 13.1 Å². The number of sulfonamides is 1. The third-order valence-corrected chi connectivity index (χ3v) is 6.29. The molecule has 1 aromatic heterocycles. The molecule has 2 aromatic carbocycles. The van der Waals surface area contributed by atoms with E-state index < -0.39 is 10.0 Å². The summed E-state index contributed by atoms with van der Waals surface area (Å²) in [5.74, 6) is 0.0107. The van der Waals surface area contributed by atoms with Crippen LogP contribution in [0.5, 0.6) is 0 Å². The molecule has 1 amide bonds. The number of primary sulfonamides is 1. The highest BCUT2D eigenvalue weighted by molar-refractivity contribution is 7.89. The van der Waals surface area contributed by atoms with E-state index in [1.54, 1.807) is 18.2 Å². The lowest BCUT2D eigenvalue weighted by Crippen LogP contribution is -2.38. The number of piperidine rings is 1. The van der Waals surface area contributed by atoms with E-state index in [0.29, 0.717) is 18.8 Å². The Bertz CT molecular complexity index is 1180. The quantitative estimate of drug-likeness (QED) is 0.617. The molecule has 0 radical (unpaired) electrons. The van der Waals surface area contributed by atoms with Crippen LogP contribution in [0.15, 0.2) is 71.8 Å². The SMILES string of the molecule is NS(=O)(=O)c1ccc(-c2cn(C3CCN(C(=O)/C=C/c4ccccc4)CC3)nn2)cc1. The molecule has 2 heterocycles. The van der Waals surface area contributed by atoms with E-state index in [2.05, 4.69) is 10.3 Å². The average Bonchev–Trinajstić information content (AvgIpc) is 3.28. The summed E-state index contributed by atoms with van der Waals surface area (Å²) in [6.45, 7) is 1.31. The number of aromatic nitrogens is 3. The molecule has 0 bridgehead atoms. The lowest BCUT2D eigenvalue weighted by atomic mass is 10.0. The zero-order chi connectivity index (χ0) is 21.8. The number of benzene rings is 2. The standard InChI is InChI=1S/C22H23N5O3S/c23-31(29,30)20-9-7-18(8-10-20)21-16-27(25-24-21)19-12-14-26(15-13-19)22(28)11-6-17-4-2-1-3-5-17/h1-11,16,19H,12-15H2,(H2,23,29,30)/b11-6+. The second kappa shape index (κ2) is 8.83. The highest BCUT2D eigenvalue weighted by atomic mass is 32.2. The number of hydrogen-bond donors (Lipinski definition) is 1. The van der Waals surface area contributed by atoms with Crippen molar-refractivity contribution in [2.45, 2.75) is 23.8 Å². The highest BCUT2D eigenvalue weighted by Gasteiger charge is 2.24. The Hall–Kier alpha value is -3.30. The van der Waals surface area contributed by atoms with E-state index in [4.69, 9.17) is 5.14 Å². The van der Waals surface area contributed by atoms with Crippen LogP contribution in [0.1, 0.15) is 24.4 Å². The third kappa shape index (κ3) is 5.07. The van der Waals surface area contributed by atoms with Crippen molar-refractivity contribution in [1.29, 1.82) is 0 Å². The molecule has 1 fully saturated rings. The summed E-state index contributed by atoms with van der Waals surface area (Å²) in [4.78, 5) is 14.4. The topological polar surface area (TPSA) is 111 Å².